The molecular formula is C69H83FN12O9S3. The van der Waals surface area contributed by atoms with Crippen LogP contribution in [0.5, 0.6) is 11.5 Å². The topological polar surface area (TPSA) is 269 Å². The summed E-state index contributed by atoms with van der Waals surface area (Å²) in [6.07, 6.45) is 9.75. The van der Waals surface area contributed by atoms with Crippen LogP contribution in [0.15, 0.2) is 66.2 Å². The number of β-amino-alcohol motifs (C(OH)–C–C–N with tert-alkyl or cyclic N) is 1. The van der Waals surface area contributed by atoms with Gasteiger partial charge in [-0.3, -0.25) is 24.1 Å². The number of ether oxygens (including phenoxy) is 1. The number of phenolic OH excluding ortho intramolecular Hbond substituents is 1. The molecule has 3 aliphatic rings. The number of aliphatic hydroxyl groups is 1. The second-order valence-electron chi connectivity index (χ2n) is 25.4. The summed E-state index contributed by atoms with van der Waals surface area (Å²) in [4.78, 5) is 88.8. The Bertz CT molecular complexity index is 3870. The van der Waals surface area contributed by atoms with Crippen molar-refractivity contribution in [2.45, 2.75) is 156 Å². The van der Waals surface area contributed by atoms with Crippen molar-refractivity contribution in [1.82, 2.24) is 50.5 Å². The molecule has 3 aromatic carbocycles. The highest BCUT2D eigenvalue weighted by Crippen LogP contribution is 2.40. The van der Waals surface area contributed by atoms with Gasteiger partial charge in [-0.15, -0.1) is 32.9 Å². The van der Waals surface area contributed by atoms with E-state index in [2.05, 4.69) is 57.8 Å². The third kappa shape index (κ3) is 17.6. The molecule has 0 spiro atoms. The van der Waals surface area contributed by atoms with Crippen LogP contribution in [0.4, 0.5) is 26.3 Å². The number of carboxylic acid groups (broad SMARTS) is 1. The first-order chi connectivity index (χ1) is 45.3. The summed E-state index contributed by atoms with van der Waals surface area (Å²) >= 11 is 4.33. The quantitative estimate of drug-likeness (QED) is 0.0206. The molecule has 0 saturated carbocycles. The number of aromatic carboxylic acids is 1. The second kappa shape index (κ2) is 31.9. The monoisotopic (exact) mass is 1340 g/mol. The van der Waals surface area contributed by atoms with E-state index in [1.165, 1.54) is 33.6 Å². The summed E-state index contributed by atoms with van der Waals surface area (Å²) in [7, 11) is 0. The minimum atomic E-state index is -1.12. The van der Waals surface area contributed by atoms with Crippen molar-refractivity contribution in [2.24, 2.45) is 5.41 Å². The first-order valence-corrected chi connectivity index (χ1v) is 35.0. The minimum Gasteiger partial charge on any atom is -0.508 e. The maximum Gasteiger partial charge on any atom is 0.355 e. The van der Waals surface area contributed by atoms with Crippen molar-refractivity contribution in [2.75, 3.05) is 62.6 Å². The van der Waals surface area contributed by atoms with Gasteiger partial charge in [-0.2, -0.15) is 0 Å². The number of unbranched alkanes of at least 4 members (excludes halogenated alkanes) is 7. The normalized spacial score (nSPS) is 16.1. The average molecular weight is 1340 g/mol. The van der Waals surface area contributed by atoms with Gasteiger partial charge in [-0.1, -0.05) is 107 Å². The molecule has 4 aromatic heterocycles. The number of phenols is 1. The molecule has 498 valence electrons. The van der Waals surface area contributed by atoms with Crippen LogP contribution in [-0.4, -0.2) is 155 Å². The Balaban J connectivity index is 0.570. The largest absolute Gasteiger partial charge is 0.508 e. The maximum atomic E-state index is 15.3. The van der Waals surface area contributed by atoms with Gasteiger partial charge in [0.2, 0.25) is 23.6 Å². The minimum absolute atomic E-state index is 0.0190. The maximum absolute atomic E-state index is 15.3. The Labute approximate surface area is 559 Å². The van der Waals surface area contributed by atoms with E-state index in [1.807, 2.05) is 74.8 Å². The van der Waals surface area contributed by atoms with E-state index in [0.717, 1.165) is 100 Å². The number of aromatic nitrogens is 5. The van der Waals surface area contributed by atoms with Crippen LogP contribution in [0.1, 0.15) is 148 Å². The van der Waals surface area contributed by atoms with Crippen molar-refractivity contribution in [3.05, 3.63) is 111 Å². The standard InChI is InChI=1S/C69H83FN12O9S3/c1-43-49-20-17-31-81(63(49)78-77-62(43)76-67-73-51-21-14-15-22-55(51)93-67)68-75-59(66(89)90)56(94-68)23-18-36-91-54-29-26-45(37-50(54)70)19-16-30-79-32-34-80(35-33-79)58(86)25-13-11-9-7-6-8-10-12-24-57(85)74-61(69(3,4)5)65(88)82-41-48(83)39-52(82)64(87)71-40-47-28-27-46(38-53(47)84)60-44(2)72-42-92-60/h14-15,21-22,26-29,37-38,42,48,52,61,83-84H,6-13,17-18,20,23-25,30-36,39-41H2,1-5H3,(H,71,87)(H,74,85)(H,89,90)(H,73,76,77)/t48-,52+,61-/m1/s1. The highest BCUT2D eigenvalue weighted by molar-refractivity contribution is 7.22. The molecule has 21 nitrogen and oxygen atoms in total. The first-order valence-electron chi connectivity index (χ1n) is 32.5. The summed E-state index contributed by atoms with van der Waals surface area (Å²) in [5, 5.41) is 51.0. The molecule has 2 saturated heterocycles. The number of aromatic hydroxyl groups is 1. The van der Waals surface area contributed by atoms with Gasteiger partial charge in [-0.25, -0.2) is 24.1 Å². The van der Waals surface area contributed by atoms with Gasteiger partial charge < -0.3 is 50.7 Å². The van der Waals surface area contributed by atoms with Crippen LogP contribution in [0.25, 0.3) is 20.7 Å². The number of carboxylic acids is 1. The summed E-state index contributed by atoms with van der Waals surface area (Å²) in [6.45, 7) is 13.4. The van der Waals surface area contributed by atoms with Gasteiger partial charge in [0.05, 0.1) is 45.6 Å². The van der Waals surface area contributed by atoms with Crippen LogP contribution in [0.3, 0.4) is 0 Å². The number of aliphatic hydroxyl groups excluding tert-OH is 1. The Hall–Kier alpha value is -8.15. The molecule has 0 bridgehead atoms. The third-order valence-corrected chi connectivity index (χ3v) is 20.5. The number of aryl methyl sites for hydroxylation is 2. The molecule has 7 aromatic rings. The number of para-hydroxylation sites is 1. The van der Waals surface area contributed by atoms with Crippen LogP contribution in [-0.2, 0) is 38.6 Å². The molecule has 4 amide bonds. The fraction of sp³-hybridized carbons (Fsp3) is 0.478. The van der Waals surface area contributed by atoms with E-state index in [1.54, 1.807) is 41.1 Å². The summed E-state index contributed by atoms with van der Waals surface area (Å²) in [5.41, 5.74) is 6.64. The molecule has 6 N–H and O–H groups in total. The predicted molar refractivity (Wildman–Crippen MR) is 364 cm³/mol. The summed E-state index contributed by atoms with van der Waals surface area (Å²) < 4.78 is 22.1. The Morgan fingerprint density at radius 3 is 2.34 bits per heavy atom. The lowest BCUT2D eigenvalue weighted by Gasteiger charge is -2.35. The lowest BCUT2D eigenvalue weighted by Crippen LogP contribution is -2.57. The Morgan fingerprint density at radius 1 is 0.872 bits per heavy atom. The number of rotatable bonds is 27. The fourth-order valence-electron chi connectivity index (χ4n) is 12.1. The third-order valence-electron chi connectivity index (χ3n) is 17.4. The Kier molecular flexibility index (Phi) is 23.3. The number of thiazole rings is 3. The number of benzene rings is 3. The predicted octanol–water partition coefficient (Wildman–Crippen LogP) is 10.9. The molecule has 0 unspecified atom stereocenters. The van der Waals surface area contributed by atoms with E-state index in [9.17, 15) is 39.3 Å². The smallest absolute Gasteiger partial charge is 0.355 e. The zero-order valence-corrected chi connectivity index (χ0v) is 56.4. The number of hydrogen-bond donors (Lipinski definition) is 6. The van der Waals surface area contributed by atoms with Gasteiger partial charge >= 0.3 is 5.97 Å². The lowest BCUT2D eigenvalue weighted by atomic mass is 9.85. The average Bonchev–Trinajstić information content (AvgIpc) is 1.41. The summed E-state index contributed by atoms with van der Waals surface area (Å²) in [6, 6.07) is 16.0. The molecule has 94 heavy (non-hydrogen) atoms. The van der Waals surface area contributed by atoms with E-state index < -0.39 is 47.2 Å². The number of nitrogens with zero attached hydrogens (tertiary/aromatic N) is 9. The Morgan fingerprint density at radius 2 is 1.63 bits per heavy atom. The number of fused-ring (bicyclic) bond motifs is 2. The molecule has 3 atom stereocenters. The van der Waals surface area contributed by atoms with E-state index in [4.69, 9.17) is 4.74 Å². The van der Waals surface area contributed by atoms with Gasteiger partial charge in [0.15, 0.2) is 39.2 Å². The van der Waals surface area contributed by atoms with Crippen LogP contribution < -0.4 is 25.6 Å². The van der Waals surface area contributed by atoms with Crippen molar-refractivity contribution < 1.29 is 48.4 Å². The number of nitrogens with one attached hydrogen (secondary N) is 3. The van der Waals surface area contributed by atoms with Gasteiger partial charge in [0, 0.05) is 92.2 Å². The van der Waals surface area contributed by atoms with Crippen LogP contribution in [0.2, 0.25) is 0 Å². The highest BCUT2D eigenvalue weighted by Gasteiger charge is 2.44. The molecule has 7 heterocycles. The van der Waals surface area contributed by atoms with E-state index in [-0.39, 0.29) is 61.5 Å². The SMILES string of the molecule is Cc1ncsc1-c1ccc(CNC(=O)[C@@H]2C[C@@H](O)CN2C(=O)[C@@H](NC(=O)CCCCCCCCCCC(=O)N2CCN(CC#Cc3ccc(OCCCc4sc(N5CCCc6c5nnc(Nc5nc7ccccc7s5)c6C)nc4C(=O)O)c(F)c3)CC2)C(C)(C)C)c(O)c1. The van der Waals surface area contributed by atoms with Crippen LogP contribution >= 0.6 is 34.0 Å². The lowest BCUT2D eigenvalue weighted by molar-refractivity contribution is -0.144. The number of amides is 4. The van der Waals surface area contributed by atoms with Gasteiger partial charge in [-0.05, 0) is 99.7 Å². The van der Waals surface area contributed by atoms with Crippen molar-refractivity contribution in [1.29, 1.82) is 0 Å². The number of halogens is 1. The molecule has 2 fully saturated rings. The number of carbonyl (C=O) groups is 5. The van der Waals surface area contributed by atoms with Crippen molar-refractivity contribution in [3.63, 3.8) is 0 Å². The first kappa shape index (κ1) is 68.7. The summed E-state index contributed by atoms with van der Waals surface area (Å²) in [5.74, 6) is 5.01. The zero-order chi connectivity index (χ0) is 66.5. The fourth-order valence-corrected chi connectivity index (χ4v) is 14.9. The number of anilines is 4. The second-order valence-corrected chi connectivity index (χ2v) is 28.3. The van der Waals surface area contributed by atoms with Gasteiger partial charge in [0.1, 0.15) is 17.8 Å². The molecule has 25 heteroatoms. The molecular weight excluding hydrogens is 1260 g/mol. The highest BCUT2D eigenvalue weighted by atomic mass is 32.1. The van der Waals surface area contributed by atoms with Crippen molar-refractivity contribution >= 4 is 95.7 Å². The number of hydrogen-bond acceptors (Lipinski definition) is 19. The van der Waals surface area contributed by atoms with E-state index >= 15 is 4.39 Å². The molecule has 0 aliphatic carbocycles. The van der Waals surface area contributed by atoms with Crippen LogP contribution in [0, 0.1) is 36.9 Å². The number of carbonyl (C=O) groups excluding carboxylic acids is 4. The number of piperazine rings is 1. The molecule has 0 radical (unpaired) electrons. The van der Waals surface area contributed by atoms with E-state index in [0.29, 0.717) is 97.7 Å². The molecule has 10 rings (SSSR count). The van der Waals surface area contributed by atoms with Crippen molar-refractivity contribution in [3.8, 4) is 33.8 Å². The zero-order valence-electron chi connectivity index (χ0n) is 54.0. The number of likely N-dealkylation sites (tertiary alicyclic amines) is 1. The molecule has 3 aliphatic heterocycles. The van der Waals surface area contributed by atoms with Gasteiger partial charge in [0.25, 0.3) is 0 Å².